The molecule has 0 amide bonds. The van der Waals surface area contributed by atoms with Gasteiger partial charge in [-0.2, -0.15) is 0 Å². The maximum Gasteiger partial charge on any atom is 0.121 e. The monoisotopic (exact) mass is 910 g/mol. The van der Waals surface area contributed by atoms with Gasteiger partial charge < -0.3 is 14.4 Å². The fourth-order valence-electron chi connectivity index (χ4n) is 7.35. The molecule has 8 rings (SSSR count). The van der Waals surface area contributed by atoms with E-state index in [1.54, 1.807) is 26.8 Å². The van der Waals surface area contributed by atoms with Gasteiger partial charge in [0.25, 0.3) is 0 Å². The van der Waals surface area contributed by atoms with E-state index in [0.29, 0.717) is 16.8 Å². The van der Waals surface area contributed by atoms with Crippen molar-refractivity contribution in [2.45, 2.75) is 92.2 Å². The molecule has 279 valence electrons. The first-order chi connectivity index (χ1) is 26.9. The maximum atomic E-state index is 8.93. The van der Waals surface area contributed by atoms with Crippen LogP contribution in [0.3, 0.4) is 0 Å². The first-order valence-corrected chi connectivity index (χ1v) is 21.9. The van der Waals surface area contributed by atoms with Crippen LogP contribution in [0.1, 0.15) is 77.6 Å². The Bertz CT molecular complexity index is 2670. The van der Waals surface area contributed by atoms with Crippen molar-refractivity contribution in [3.8, 4) is 33.6 Å². The Kier molecular flexibility index (Phi) is 8.91. The number of pyridine rings is 2. The van der Waals surface area contributed by atoms with E-state index < -0.39 is 26.7 Å². The van der Waals surface area contributed by atoms with Crippen LogP contribution in [0.2, 0.25) is 19.6 Å². The minimum absolute atomic E-state index is 0. The van der Waals surface area contributed by atoms with Gasteiger partial charge in [-0.3, -0.25) is 0 Å². The van der Waals surface area contributed by atoms with E-state index in [2.05, 4.69) is 124 Å². The molecule has 0 atom stereocenters. The molecule has 0 saturated heterocycles. The van der Waals surface area contributed by atoms with Gasteiger partial charge in [0, 0.05) is 44.7 Å². The summed E-state index contributed by atoms with van der Waals surface area (Å²) in [4.78, 5) is 8.94. The van der Waals surface area contributed by atoms with Crippen molar-refractivity contribution >= 4 is 35.2 Å². The Morgan fingerprint density at radius 1 is 0.778 bits per heavy atom. The summed E-state index contributed by atoms with van der Waals surface area (Å²) in [7, 11) is -1.25. The zero-order valence-corrected chi connectivity index (χ0v) is 36.3. The molecule has 0 fully saturated rings. The van der Waals surface area contributed by atoms with E-state index in [9.17, 15) is 0 Å². The molecule has 7 aromatic rings. The van der Waals surface area contributed by atoms with Gasteiger partial charge in [0.1, 0.15) is 5.58 Å². The Morgan fingerprint density at radius 2 is 1.52 bits per heavy atom. The van der Waals surface area contributed by atoms with Crippen LogP contribution in [0.4, 0.5) is 0 Å². The zero-order chi connectivity index (χ0) is 42.2. The van der Waals surface area contributed by atoms with Crippen LogP contribution in [-0.4, -0.2) is 18.0 Å². The SMILES string of the molecule is C[Si](C)(C)c1ccnc(-c2[c-]cccc2)c1.[2H]C([2H])([2H])c1cnc(-c2[c-]ccc3c2oc2cc4c(cc23)C(C)(C)C(C)(C)c2ccccc2-4)cc1C([2H])([2H])C(C)(C)C.[Ir]. The predicted octanol–water partition coefficient (Wildman–Crippen LogP) is 12.7. The third kappa shape index (κ3) is 7.31. The van der Waals surface area contributed by atoms with Gasteiger partial charge in [0.2, 0.25) is 0 Å². The Hall–Kier alpha value is -4.15. The fourth-order valence-corrected chi connectivity index (χ4v) is 8.49. The van der Waals surface area contributed by atoms with E-state index in [4.69, 9.17) is 11.3 Å². The number of furan rings is 1. The first-order valence-electron chi connectivity index (χ1n) is 20.9. The van der Waals surface area contributed by atoms with Crippen molar-refractivity contribution in [1.82, 2.24) is 9.97 Å². The molecule has 0 unspecified atom stereocenters. The first kappa shape index (κ1) is 33.2. The summed E-state index contributed by atoms with van der Waals surface area (Å²) in [5.41, 5.74) is 8.31. The van der Waals surface area contributed by atoms with Crippen molar-refractivity contribution in [1.29, 1.82) is 0 Å². The summed E-state index contributed by atoms with van der Waals surface area (Å²) >= 11 is 0. The molecule has 3 aromatic heterocycles. The van der Waals surface area contributed by atoms with Crippen LogP contribution >= 0.6 is 0 Å². The average Bonchev–Trinajstić information content (AvgIpc) is 3.54. The second-order valence-electron chi connectivity index (χ2n) is 17.3. The molecule has 3 nitrogen and oxygen atoms in total. The summed E-state index contributed by atoms with van der Waals surface area (Å²) in [6, 6.07) is 37.2. The largest absolute Gasteiger partial charge is 0.501 e. The second kappa shape index (κ2) is 14.5. The van der Waals surface area contributed by atoms with Crippen molar-refractivity contribution in [3.63, 3.8) is 0 Å². The van der Waals surface area contributed by atoms with Crippen LogP contribution < -0.4 is 5.19 Å². The molecule has 1 radical (unpaired) electrons. The van der Waals surface area contributed by atoms with Gasteiger partial charge in [-0.1, -0.05) is 126 Å². The van der Waals surface area contributed by atoms with Crippen molar-refractivity contribution in [2.24, 2.45) is 5.41 Å². The smallest absolute Gasteiger partial charge is 0.121 e. The summed E-state index contributed by atoms with van der Waals surface area (Å²) < 4.78 is 48.6. The predicted molar refractivity (Wildman–Crippen MR) is 227 cm³/mol. The number of benzene rings is 4. The van der Waals surface area contributed by atoms with E-state index in [-0.39, 0.29) is 42.1 Å². The fraction of sp³-hybridized carbons (Fsp3) is 0.306. The number of aryl methyl sites for hydroxylation is 1. The quantitative estimate of drug-likeness (QED) is 0.130. The zero-order valence-electron chi connectivity index (χ0n) is 38.0. The maximum absolute atomic E-state index is 8.93. The Morgan fingerprint density at radius 3 is 2.22 bits per heavy atom. The van der Waals surface area contributed by atoms with Gasteiger partial charge in [-0.15, -0.1) is 54.1 Å². The van der Waals surface area contributed by atoms with Crippen LogP contribution in [0.25, 0.3) is 55.6 Å². The molecule has 1 aliphatic carbocycles. The number of hydrogen-bond acceptors (Lipinski definition) is 3. The van der Waals surface area contributed by atoms with Gasteiger partial charge in [-0.05, 0) is 86.9 Å². The molecular weight excluding hydrogens is 853 g/mol. The molecule has 54 heavy (non-hydrogen) atoms. The molecule has 0 saturated carbocycles. The van der Waals surface area contributed by atoms with Gasteiger partial charge in [0.15, 0.2) is 0 Å². The Labute approximate surface area is 344 Å². The third-order valence-corrected chi connectivity index (χ3v) is 13.0. The molecule has 0 aliphatic heterocycles. The molecule has 0 N–H and O–H groups in total. The minimum Gasteiger partial charge on any atom is -0.501 e. The molecule has 0 bridgehead atoms. The number of aromatic nitrogens is 2. The summed E-state index contributed by atoms with van der Waals surface area (Å²) in [6.45, 7) is 19.1. The molecule has 4 aromatic carbocycles. The van der Waals surface area contributed by atoms with E-state index in [0.717, 1.165) is 33.2 Å². The number of hydrogen-bond donors (Lipinski definition) is 0. The van der Waals surface area contributed by atoms with Crippen molar-refractivity contribution in [3.05, 3.63) is 138 Å². The number of fused-ring (bicyclic) bond motifs is 6. The van der Waals surface area contributed by atoms with Crippen molar-refractivity contribution in [2.75, 3.05) is 0 Å². The second-order valence-corrected chi connectivity index (χ2v) is 22.4. The molecule has 0 spiro atoms. The number of rotatable bonds is 4. The minimum atomic E-state index is -2.51. The molecule has 3 heterocycles. The van der Waals surface area contributed by atoms with Crippen LogP contribution in [0.15, 0.2) is 108 Å². The number of nitrogens with zero attached hydrogens (tertiary/aromatic N) is 2. The molecule has 5 heteroatoms. The average molecular weight is 910 g/mol. The van der Waals surface area contributed by atoms with E-state index >= 15 is 0 Å². The topological polar surface area (TPSA) is 38.9 Å². The van der Waals surface area contributed by atoms with Gasteiger partial charge in [-0.25, -0.2) is 0 Å². The standard InChI is InChI=1S/C35H36NO.C14H16NSi.Ir/c1-21-20-36-30(16-22(21)19-33(2,3)4)25-14-11-13-24-27-17-29-26(18-31(27)37-32(24)25)23-12-9-10-15-28(23)34(5,6)35(29,7)8;1-16(2,3)13-9-10-15-14(11-13)12-7-5-4-6-8-12;/h9-13,15-18,20H,19H2,1-8H3;4-7,9-11H,1-3H3;/q2*-1;/i1D3,19D2;;. The summed E-state index contributed by atoms with van der Waals surface area (Å²) in [6.07, 6.45) is 1.27. The van der Waals surface area contributed by atoms with Crippen LogP contribution in [0, 0.1) is 24.4 Å². The normalized spacial score (nSPS) is 16.3. The van der Waals surface area contributed by atoms with Gasteiger partial charge >= 0.3 is 0 Å². The Balaban J connectivity index is 0.000000289. The van der Waals surface area contributed by atoms with Crippen LogP contribution in [0.5, 0.6) is 0 Å². The van der Waals surface area contributed by atoms with Crippen LogP contribution in [-0.2, 0) is 37.3 Å². The van der Waals surface area contributed by atoms with E-state index in [1.165, 1.54) is 28.1 Å². The summed E-state index contributed by atoms with van der Waals surface area (Å²) in [5, 5.41) is 3.34. The summed E-state index contributed by atoms with van der Waals surface area (Å²) in [5.74, 6) is 0. The third-order valence-electron chi connectivity index (χ3n) is 11.0. The molecular formula is C49H52IrN2OSi-2. The van der Waals surface area contributed by atoms with Gasteiger partial charge in [0.05, 0.1) is 13.7 Å². The van der Waals surface area contributed by atoms with Crippen molar-refractivity contribution < 1.29 is 31.4 Å². The van der Waals surface area contributed by atoms with E-state index in [1.807, 2.05) is 36.5 Å². The molecule has 1 aliphatic rings.